The minimum absolute atomic E-state index is 0.135. The standard InChI is InChI=1S/C18H13ClN2O4/c1-10-15(16(21-25-10)13-4-2-3-5-14(13)19)17(22)20-12-8-6-11(7-9-12)18(23)24/h2-9H,1H3,(H,20,22)(H,23,24). The molecule has 0 bridgehead atoms. The number of hydrogen-bond donors (Lipinski definition) is 2. The van der Waals surface area contributed by atoms with E-state index in [0.29, 0.717) is 27.7 Å². The predicted molar refractivity (Wildman–Crippen MR) is 93.0 cm³/mol. The fourth-order valence-corrected chi connectivity index (χ4v) is 2.59. The van der Waals surface area contributed by atoms with Gasteiger partial charge in [-0.1, -0.05) is 35.0 Å². The highest BCUT2D eigenvalue weighted by Crippen LogP contribution is 2.31. The second-order valence-corrected chi connectivity index (χ2v) is 5.69. The summed E-state index contributed by atoms with van der Waals surface area (Å²) in [5, 5.41) is 16.0. The van der Waals surface area contributed by atoms with E-state index in [-0.39, 0.29) is 11.1 Å². The second kappa shape index (κ2) is 6.78. The van der Waals surface area contributed by atoms with Gasteiger partial charge in [0.1, 0.15) is 17.0 Å². The topological polar surface area (TPSA) is 92.4 Å². The highest BCUT2D eigenvalue weighted by atomic mass is 35.5. The van der Waals surface area contributed by atoms with E-state index in [4.69, 9.17) is 21.2 Å². The molecule has 2 N–H and O–H groups in total. The van der Waals surface area contributed by atoms with Crippen molar-refractivity contribution in [1.29, 1.82) is 0 Å². The van der Waals surface area contributed by atoms with Crippen LogP contribution in [-0.4, -0.2) is 22.1 Å². The number of halogens is 1. The summed E-state index contributed by atoms with van der Waals surface area (Å²) in [6.07, 6.45) is 0. The summed E-state index contributed by atoms with van der Waals surface area (Å²) in [5.41, 5.74) is 1.81. The molecule has 1 aromatic heterocycles. The summed E-state index contributed by atoms with van der Waals surface area (Å²) in [7, 11) is 0. The lowest BCUT2D eigenvalue weighted by Crippen LogP contribution is -2.13. The average Bonchev–Trinajstić information content (AvgIpc) is 2.97. The van der Waals surface area contributed by atoms with E-state index in [2.05, 4.69) is 10.5 Å². The van der Waals surface area contributed by atoms with Crippen LogP contribution in [0.25, 0.3) is 11.3 Å². The number of carbonyl (C=O) groups excluding carboxylic acids is 1. The Balaban J connectivity index is 1.92. The van der Waals surface area contributed by atoms with Crippen molar-refractivity contribution in [2.45, 2.75) is 6.92 Å². The van der Waals surface area contributed by atoms with Gasteiger partial charge in [-0.2, -0.15) is 0 Å². The summed E-state index contributed by atoms with van der Waals surface area (Å²) in [6.45, 7) is 1.63. The SMILES string of the molecule is Cc1onc(-c2ccccc2Cl)c1C(=O)Nc1ccc(C(=O)O)cc1. The number of hydrogen-bond acceptors (Lipinski definition) is 4. The van der Waals surface area contributed by atoms with Gasteiger partial charge in [0.2, 0.25) is 0 Å². The number of aromatic nitrogens is 1. The van der Waals surface area contributed by atoms with Crippen molar-refractivity contribution < 1.29 is 19.2 Å². The van der Waals surface area contributed by atoms with E-state index in [1.165, 1.54) is 24.3 Å². The number of carboxylic acid groups (broad SMARTS) is 1. The van der Waals surface area contributed by atoms with E-state index in [0.717, 1.165) is 0 Å². The highest BCUT2D eigenvalue weighted by Gasteiger charge is 2.23. The Kier molecular flexibility index (Phi) is 4.54. The van der Waals surface area contributed by atoms with Crippen LogP contribution in [0, 0.1) is 6.92 Å². The molecule has 3 rings (SSSR count). The molecule has 0 spiro atoms. The summed E-state index contributed by atoms with van der Waals surface area (Å²) in [4.78, 5) is 23.5. The van der Waals surface area contributed by atoms with Gasteiger partial charge in [0, 0.05) is 11.3 Å². The maximum absolute atomic E-state index is 12.6. The number of rotatable bonds is 4. The Labute approximate surface area is 148 Å². The minimum Gasteiger partial charge on any atom is -0.478 e. The molecule has 3 aromatic rings. The molecule has 2 aromatic carbocycles. The molecule has 0 saturated heterocycles. The number of carbonyl (C=O) groups is 2. The first-order chi connectivity index (χ1) is 12.0. The molecule has 0 aliphatic carbocycles. The number of nitrogens with zero attached hydrogens (tertiary/aromatic N) is 1. The number of nitrogens with one attached hydrogen (secondary N) is 1. The van der Waals surface area contributed by atoms with Crippen LogP contribution in [-0.2, 0) is 0 Å². The summed E-state index contributed by atoms with van der Waals surface area (Å²) < 4.78 is 5.17. The fraction of sp³-hybridized carbons (Fsp3) is 0.0556. The molecule has 0 aliphatic rings. The predicted octanol–water partition coefficient (Wildman–Crippen LogP) is 4.25. The maximum Gasteiger partial charge on any atom is 0.335 e. The third kappa shape index (κ3) is 3.39. The van der Waals surface area contributed by atoms with Gasteiger partial charge < -0.3 is 14.9 Å². The third-order valence-electron chi connectivity index (χ3n) is 3.61. The molecule has 0 aliphatic heterocycles. The zero-order valence-electron chi connectivity index (χ0n) is 13.1. The number of carboxylic acids is 1. The summed E-state index contributed by atoms with van der Waals surface area (Å²) in [5.74, 6) is -1.10. The Bertz CT molecular complexity index is 948. The normalized spacial score (nSPS) is 10.5. The molecule has 1 heterocycles. The molecule has 0 unspecified atom stereocenters. The quantitative estimate of drug-likeness (QED) is 0.728. The van der Waals surface area contributed by atoms with Crippen LogP contribution in [0.2, 0.25) is 5.02 Å². The highest BCUT2D eigenvalue weighted by molar-refractivity contribution is 6.33. The van der Waals surface area contributed by atoms with E-state index < -0.39 is 11.9 Å². The summed E-state index contributed by atoms with van der Waals surface area (Å²) >= 11 is 6.18. The Morgan fingerprint density at radius 3 is 2.44 bits per heavy atom. The zero-order chi connectivity index (χ0) is 18.0. The molecule has 25 heavy (non-hydrogen) atoms. The van der Waals surface area contributed by atoms with Crippen LogP contribution in [0.5, 0.6) is 0 Å². The van der Waals surface area contributed by atoms with Crippen LogP contribution in [0.1, 0.15) is 26.5 Å². The van der Waals surface area contributed by atoms with Crippen molar-refractivity contribution in [2.24, 2.45) is 0 Å². The number of aryl methyl sites for hydroxylation is 1. The molecule has 7 heteroatoms. The van der Waals surface area contributed by atoms with Gasteiger partial charge in [0.15, 0.2) is 0 Å². The van der Waals surface area contributed by atoms with Crippen molar-refractivity contribution >= 4 is 29.2 Å². The largest absolute Gasteiger partial charge is 0.478 e. The molecule has 6 nitrogen and oxygen atoms in total. The Morgan fingerprint density at radius 1 is 1.12 bits per heavy atom. The van der Waals surface area contributed by atoms with Crippen LogP contribution >= 0.6 is 11.6 Å². The Hall–Kier alpha value is -3.12. The molecular formula is C18H13ClN2O4. The molecule has 126 valence electrons. The van der Waals surface area contributed by atoms with Crippen molar-refractivity contribution in [3.63, 3.8) is 0 Å². The minimum atomic E-state index is -1.03. The van der Waals surface area contributed by atoms with Crippen LogP contribution in [0.3, 0.4) is 0 Å². The van der Waals surface area contributed by atoms with Crippen molar-refractivity contribution in [2.75, 3.05) is 5.32 Å². The van der Waals surface area contributed by atoms with Gasteiger partial charge >= 0.3 is 5.97 Å². The molecule has 0 saturated carbocycles. The summed E-state index contributed by atoms with van der Waals surface area (Å²) in [6, 6.07) is 12.9. The van der Waals surface area contributed by atoms with Gasteiger partial charge in [0.25, 0.3) is 5.91 Å². The fourth-order valence-electron chi connectivity index (χ4n) is 2.37. The first-order valence-corrected chi connectivity index (χ1v) is 7.71. The number of amides is 1. The third-order valence-corrected chi connectivity index (χ3v) is 3.94. The van der Waals surface area contributed by atoms with Crippen molar-refractivity contribution in [3.05, 3.63) is 70.4 Å². The zero-order valence-corrected chi connectivity index (χ0v) is 13.9. The lowest BCUT2D eigenvalue weighted by Gasteiger charge is -2.07. The van der Waals surface area contributed by atoms with Crippen LogP contribution in [0.15, 0.2) is 53.1 Å². The lowest BCUT2D eigenvalue weighted by molar-refractivity contribution is 0.0696. The van der Waals surface area contributed by atoms with Gasteiger partial charge in [-0.15, -0.1) is 0 Å². The lowest BCUT2D eigenvalue weighted by atomic mass is 10.1. The monoisotopic (exact) mass is 356 g/mol. The second-order valence-electron chi connectivity index (χ2n) is 5.28. The maximum atomic E-state index is 12.6. The smallest absolute Gasteiger partial charge is 0.335 e. The Morgan fingerprint density at radius 2 is 1.80 bits per heavy atom. The number of aromatic carboxylic acids is 1. The van der Waals surface area contributed by atoms with E-state index in [1.54, 1.807) is 31.2 Å². The van der Waals surface area contributed by atoms with Crippen molar-refractivity contribution in [3.8, 4) is 11.3 Å². The van der Waals surface area contributed by atoms with Crippen LogP contribution in [0.4, 0.5) is 5.69 Å². The number of anilines is 1. The van der Waals surface area contributed by atoms with Gasteiger partial charge in [-0.3, -0.25) is 4.79 Å². The van der Waals surface area contributed by atoms with E-state index in [9.17, 15) is 9.59 Å². The van der Waals surface area contributed by atoms with E-state index >= 15 is 0 Å². The van der Waals surface area contributed by atoms with E-state index in [1.807, 2.05) is 0 Å². The van der Waals surface area contributed by atoms with Crippen molar-refractivity contribution in [1.82, 2.24) is 5.16 Å². The molecule has 0 fully saturated rings. The van der Waals surface area contributed by atoms with Gasteiger partial charge in [-0.05, 0) is 37.3 Å². The molecule has 1 amide bonds. The van der Waals surface area contributed by atoms with Gasteiger partial charge in [-0.25, -0.2) is 4.79 Å². The first-order valence-electron chi connectivity index (χ1n) is 7.33. The first kappa shape index (κ1) is 16.7. The van der Waals surface area contributed by atoms with Gasteiger partial charge in [0.05, 0.1) is 10.6 Å². The average molecular weight is 357 g/mol. The van der Waals surface area contributed by atoms with Crippen LogP contribution < -0.4 is 5.32 Å². The number of benzene rings is 2. The molecule has 0 radical (unpaired) electrons. The molecule has 0 atom stereocenters. The molecular weight excluding hydrogens is 344 g/mol.